The van der Waals surface area contributed by atoms with Crippen molar-refractivity contribution in [3.05, 3.63) is 35.1 Å². The highest BCUT2D eigenvalue weighted by atomic mass is 19.2. The van der Waals surface area contributed by atoms with Crippen molar-refractivity contribution >= 4 is 0 Å². The van der Waals surface area contributed by atoms with Gasteiger partial charge in [0.05, 0.1) is 0 Å². The number of piperazine rings is 1. The van der Waals surface area contributed by atoms with Gasteiger partial charge in [0.1, 0.15) is 0 Å². The van der Waals surface area contributed by atoms with Crippen LogP contribution in [-0.2, 0) is 0 Å². The predicted molar refractivity (Wildman–Crippen MR) is 66.2 cm³/mol. The van der Waals surface area contributed by atoms with E-state index in [1.807, 2.05) is 0 Å². The molecule has 0 unspecified atom stereocenters. The molecule has 1 atom stereocenters. The zero-order chi connectivity index (χ0) is 13.4. The fourth-order valence-electron chi connectivity index (χ4n) is 2.90. The lowest BCUT2D eigenvalue weighted by atomic mass is 9.99. The molecule has 1 saturated heterocycles. The Hall–Kier alpha value is -1.07. The standard InChI is InChI=1S/C14H17F3N2/c15-11-7-10(8-12(16)13(11)17)14(9-1-2-9)19-5-3-18-4-6-19/h7-9,14,18H,1-6H2/t14-/m0/s1. The zero-order valence-corrected chi connectivity index (χ0v) is 10.6. The molecule has 1 aromatic carbocycles. The smallest absolute Gasteiger partial charge is 0.194 e. The molecule has 3 rings (SSSR count). The molecule has 2 aliphatic rings. The van der Waals surface area contributed by atoms with Crippen molar-refractivity contribution < 1.29 is 13.2 Å². The third-order valence-electron chi connectivity index (χ3n) is 3.96. The molecular weight excluding hydrogens is 253 g/mol. The Morgan fingerprint density at radius 2 is 1.63 bits per heavy atom. The lowest BCUT2D eigenvalue weighted by Gasteiger charge is -2.35. The normalized spacial score (nSPS) is 22.5. The molecule has 0 aromatic heterocycles. The predicted octanol–water partition coefficient (Wildman–Crippen LogP) is 2.46. The molecule has 104 valence electrons. The van der Waals surface area contributed by atoms with Crippen LogP contribution in [0.1, 0.15) is 24.4 Å². The molecule has 0 bridgehead atoms. The molecule has 1 N–H and O–H groups in total. The Bertz CT molecular complexity index is 445. The molecule has 1 heterocycles. The highest BCUT2D eigenvalue weighted by Gasteiger charge is 2.37. The number of nitrogens with one attached hydrogen (secondary N) is 1. The first-order chi connectivity index (χ1) is 9.16. The van der Waals surface area contributed by atoms with Gasteiger partial charge in [-0.15, -0.1) is 0 Å². The van der Waals surface area contributed by atoms with E-state index in [0.717, 1.165) is 51.2 Å². The average Bonchev–Trinajstić information content (AvgIpc) is 3.22. The Kier molecular flexibility index (Phi) is 3.50. The van der Waals surface area contributed by atoms with E-state index in [9.17, 15) is 13.2 Å². The summed E-state index contributed by atoms with van der Waals surface area (Å²) < 4.78 is 39.9. The maximum Gasteiger partial charge on any atom is 0.194 e. The van der Waals surface area contributed by atoms with Gasteiger partial charge in [-0.2, -0.15) is 0 Å². The summed E-state index contributed by atoms with van der Waals surface area (Å²) in [6.45, 7) is 3.49. The van der Waals surface area contributed by atoms with E-state index >= 15 is 0 Å². The first-order valence-electron chi connectivity index (χ1n) is 6.76. The summed E-state index contributed by atoms with van der Waals surface area (Å²) in [5.74, 6) is -3.10. The van der Waals surface area contributed by atoms with Crippen LogP contribution in [0.4, 0.5) is 13.2 Å². The number of halogens is 3. The van der Waals surface area contributed by atoms with Gasteiger partial charge in [0.15, 0.2) is 17.5 Å². The molecule has 2 fully saturated rings. The molecule has 1 saturated carbocycles. The van der Waals surface area contributed by atoms with Crippen LogP contribution in [-0.4, -0.2) is 31.1 Å². The number of hydrogen-bond donors (Lipinski definition) is 1. The fourth-order valence-corrected chi connectivity index (χ4v) is 2.90. The summed E-state index contributed by atoms with van der Waals surface area (Å²) in [4.78, 5) is 2.25. The molecule has 2 nitrogen and oxygen atoms in total. The summed E-state index contributed by atoms with van der Waals surface area (Å²) >= 11 is 0. The van der Waals surface area contributed by atoms with Crippen molar-refractivity contribution in [2.24, 2.45) is 5.92 Å². The zero-order valence-electron chi connectivity index (χ0n) is 10.6. The van der Waals surface area contributed by atoms with E-state index in [1.54, 1.807) is 0 Å². The number of hydrogen-bond acceptors (Lipinski definition) is 2. The molecule has 0 amide bonds. The van der Waals surface area contributed by atoms with Gasteiger partial charge in [-0.05, 0) is 36.5 Å². The van der Waals surface area contributed by atoms with Crippen LogP contribution in [0.2, 0.25) is 0 Å². The Balaban J connectivity index is 1.91. The van der Waals surface area contributed by atoms with Gasteiger partial charge < -0.3 is 5.32 Å². The lowest BCUT2D eigenvalue weighted by molar-refractivity contribution is 0.155. The summed E-state index contributed by atoms with van der Waals surface area (Å²) in [6, 6.07) is 2.33. The Morgan fingerprint density at radius 3 is 2.16 bits per heavy atom. The van der Waals surface area contributed by atoms with Gasteiger partial charge in [0, 0.05) is 32.2 Å². The second-order valence-electron chi connectivity index (χ2n) is 5.37. The topological polar surface area (TPSA) is 15.3 Å². The molecular formula is C14H17F3N2. The minimum Gasteiger partial charge on any atom is -0.314 e. The molecule has 19 heavy (non-hydrogen) atoms. The van der Waals surface area contributed by atoms with Crippen molar-refractivity contribution in [2.45, 2.75) is 18.9 Å². The van der Waals surface area contributed by atoms with Gasteiger partial charge in [-0.25, -0.2) is 13.2 Å². The van der Waals surface area contributed by atoms with E-state index in [1.165, 1.54) is 0 Å². The molecule has 1 aliphatic carbocycles. The Morgan fingerprint density at radius 1 is 1.05 bits per heavy atom. The van der Waals surface area contributed by atoms with E-state index in [-0.39, 0.29) is 6.04 Å². The third kappa shape index (κ3) is 2.62. The monoisotopic (exact) mass is 270 g/mol. The van der Waals surface area contributed by atoms with Gasteiger partial charge in [0.2, 0.25) is 0 Å². The summed E-state index contributed by atoms with van der Waals surface area (Å²) in [5.41, 5.74) is 0.570. The summed E-state index contributed by atoms with van der Waals surface area (Å²) in [5, 5.41) is 3.26. The second kappa shape index (κ2) is 5.13. The number of benzene rings is 1. The van der Waals surface area contributed by atoms with E-state index in [2.05, 4.69) is 10.2 Å². The SMILES string of the molecule is Fc1cc([C@H](C2CC2)N2CCNCC2)cc(F)c1F. The van der Waals surface area contributed by atoms with Crippen LogP contribution in [0.5, 0.6) is 0 Å². The second-order valence-corrected chi connectivity index (χ2v) is 5.37. The van der Waals surface area contributed by atoms with Crippen molar-refractivity contribution in [3.63, 3.8) is 0 Å². The summed E-state index contributed by atoms with van der Waals surface area (Å²) in [7, 11) is 0. The third-order valence-corrected chi connectivity index (χ3v) is 3.96. The number of rotatable bonds is 3. The van der Waals surface area contributed by atoms with Crippen molar-refractivity contribution in [1.29, 1.82) is 0 Å². The average molecular weight is 270 g/mol. The molecule has 0 spiro atoms. The van der Waals surface area contributed by atoms with Gasteiger partial charge in [-0.3, -0.25) is 4.90 Å². The Labute approximate surface area is 110 Å². The van der Waals surface area contributed by atoms with Crippen LogP contribution in [0, 0.1) is 23.4 Å². The van der Waals surface area contributed by atoms with Crippen LogP contribution >= 0.6 is 0 Å². The van der Waals surface area contributed by atoms with E-state index in [4.69, 9.17) is 0 Å². The van der Waals surface area contributed by atoms with Gasteiger partial charge >= 0.3 is 0 Å². The van der Waals surface area contributed by atoms with Crippen molar-refractivity contribution in [2.75, 3.05) is 26.2 Å². The van der Waals surface area contributed by atoms with Crippen LogP contribution in [0.3, 0.4) is 0 Å². The first-order valence-corrected chi connectivity index (χ1v) is 6.76. The lowest BCUT2D eigenvalue weighted by Crippen LogP contribution is -2.45. The quantitative estimate of drug-likeness (QED) is 0.849. The van der Waals surface area contributed by atoms with Crippen LogP contribution in [0.25, 0.3) is 0 Å². The number of nitrogens with zero attached hydrogens (tertiary/aromatic N) is 1. The van der Waals surface area contributed by atoms with Gasteiger partial charge in [-0.1, -0.05) is 0 Å². The molecule has 1 aliphatic heterocycles. The van der Waals surface area contributed by atoms with Gasteiger partial charge in [0.25, 0.3) is 0 Å². The van der Waals surface area contributed by atoms with E-state index in [0.29, 0.717) is 11.5 Å². The highest BCUT2D eigenvalue weighted by Crippen LogP contribution is 2.45. The van der Waals surface area contributed by atoms with Crippen LogP contribution in [0.15, 0.2) is 12.1 Å². The first kappa shape index (κ1) is 12.9. The minimum atomic E-state index is -1.38. The molecule has 0 radical (unpaired) electrons. The van der Waals surface area contributed by atoms with Crippen molar-refractivity contribution in [1.82, 2.24) is 10.2 Å². The van der Waals surface area contributed by atoms with Crippen LogP contribution < -0.4 is 5.32 Å². The van der Waals surface area contributed by atoms with Crippen molar-refractivity contribution in [3.8, 4) is 0 Å². The summed E-state index contributed by atoms with van der Waals surface area (Å²) in [6.07, 6.45) is 2.16. The van der Waals surface area contributed by atoms with E-state index < -0.39 is 17.5 Å². The maximum absolute atomic E-state index is 13.4. The molecule has 5 heteroatoms. The molecule has 1 aromatic rings. The maximum atomic E-state index is 13.4. The fraction of sp³-hybridized carbons (Fsp3) is 0.571. The largest absolute Gasteiger partial charge is 0.314 e. The highest BCUT2D eigenvalue weighted by molar-refractivity contribution is 5.25. The minimum absolute atomic E-state index is 0.0201.